The average molecular weight is 429 g/mol. The van der Waals surface area contributed by atoms with Gasteiger partial charge in [0.25, 0.3) is 0 Å². The molecule has 2 atom stereocenters. The van der Waals surface area contributed by atoms with E-state index in [0.29, 0.717) is 5.02 Å². The molecule has 0 saturated carbocycles. The fourth-order valence-corrected chi connectivity index (χ4v) is 4.83. The molecule has 0 aliphatic heterocycles. The number of rotatable bonds is 10. The van der Waals surface area contributed by atoms with Crippen LogP contribution in [0.5, 0.6) is 0 Å². The Balaban J connectivity index is 1.69. The largest absolute Gasteiger partial charge is 0.481 e. The van der Waals surface area contributed by atoms with Crippen molar-refractivity contribution in [1.82, 2.24) is 0 Å². The van der Waals surface area contributed by atoms with Crippen LogP contribution in [0.15, 0.2) is 66.0 Å². The molecule has 0 fully saturated rings. The van der Waals surface area contributed by atoms with Gasteiger partial charge in [0.05, 0.1) is 22.4 Å². The van der Waals surface area contributed by atoms with E-state index >= 15 is 0 Å². The van der Waals surface area contributed by atoms with E-state index in [1.54, 1.807) is 0 Å². The lowest BCUT2D eigenvalue weighted by atomic mass is 9.87. The van der Waals surface area contributed by atoms with Gasteiger partial charge >= 0.3 is 5.97 Å². The molecule has 1 heterocycles. The number of hydrogen-bond donors (Lipinski definition) is 2. The standard InChI is InChI=1S/C24H25ClO3S/c25-21-13-14-29-24(21)23(28)20(8-4-7-17-5-2-1-3-6-17)15-18-9-11-19(12-10-18)16-22(26)27/h1-3,5-6,9-14,20,23,28H,4,7-8,15-16H2,(H,26,27)/t20-,23-/m0/s1. The van der Waals surface area contributed by atoms with E-state index in [9.17, 15) is 9.90 Å². The lowest BCUT2D eigenvalue weighted by molar-refractivity contribution is -0.136. The van der Waals surface area contributed by atoms with Crippen molar-refractivity contribution in [3.05, 3.63) is 92.6 Å². The zero-order chi connectivity index (χ0) is 20.6. The second-order valence-electron chi connectivity index (χ2n) is 7.31. The van der Waals surface area contributed by atoms with Gasteiger partial charge in [-0.3, -0.25) is 4.79 Å². The Bertz CT molecular complexity index is 905. The smallest absolute Gasteiger partial charge is 0.307 e. The highest BCUT2D eigenvalue weighted by atomic mass is 35.5. The minimum Gasteiger partial charge on any atom is -0.481 e. The van der Waals surface area contributed by atoms with Crippen molar-refractivity contribution in [2.24, 2.45) is 5.92 Å². The number of halogens is 1. The number of aliphatic hydroxyl groups is 1. The molecule has 0 radical (unpaired) electrons. The fraction of sp³-hybridized carbons (Fsp3) is 0.292. The molecule has 0 bridgehead atoms. The number of carbonyl (C=O) groups is 1. The number of aliphatic carboxylic acids is 1. The third kappa shape index (κ3) is 6.43. The summed E-state index contributed by atoms with van der Waals surface area (Å²) in [6.45, 7) is 0. The van der Waals surface area contributed by atoms with Crippen LogP contribution in [0.2, 0.25) is 5.02 Å². The summed E-state index contributed by atoms with van der Waals surface area (Å²) in [5.74, 6) is -0.792. The van der Waals surface area contributed by atoms with Gasteiger partial charge in [0, 0.05) is 0 Å². The third-order valence-corrected chi connectivity index (χ3v) is 6.55. The van der Waals surface area contributed by atoms with E-state index < -0.39 is 12.1 Å². The van der Waals surface area contributed by atoms with Gasteiger partial charge in [0.2, 0.25) is 0 Å². The first kappa shape index (κ1) is 21.6. The average Bonchev–Trinajstić information content (AvgIpc) is 3.14. The Morgan fingerprint density at radius 1 is 0.966 bits per heavy atom. The summed E-state index contributed by atoms with van der Waals surface area (Å²) in [6, 6.07) is 19.8. The molecule has 152 valence electrons. The van der Waals surface area contributed by atoms with Crippen molar-refractivity contribution in [3.63, 3.8) is 0 Å². The molecule has 0 aliphatic carbocycles. The first-order valence-electron chi connectivity index (χ1n) is 9.77. The first-order valence-corrected chi connectivity index (χ1v) is 11.0. The Kier molecular flexibility index (Phi) is 7.87. The van der Waals surface area contributed by atoms with Crippen LogP contribution >= 0.6 is 22.9 Å². The number of carboxylic acid groups (broad SMARTS) is 1. The lowest BCUT2D eigenvalue weighted by Gasteiger charge is -2.23. The number of carboxylic acids is 1. The van der Waals surface area contributed by atoms with Crippen molar-refractivity contribution in [2.45, 2.75) is 38.2 Å². The van der Waals surface area contributed by atoms with Gasteiger partial charge in [0.1, 0.15) is 0 Å². The van der Waals surface area contributed by atoms with Crippen molar-refractivity contribution in [3.8, 4) is 0 Å². The minimum absolute atomic E-state index is 0.0220. The van der Waals surface area contributed by atoms with Crippen LogP contribution in [0.3, 0.4) is 0 Å². The molecular formula is C24H25ClO3S. The third-order valence-electron chi connectivity index (χ3n) is 5.12. The van der Waals surface area contributed by atoms with Gasteiger partial charge in [-0.1, -0.05) is 66.2 Å². The monoisotopic (exact) mass is 428 g/mol. The van der Waals surface area contributed by atoms with Crippen LogP contribution < -0.4 is 0 Å². The summed E-state index contributed by atoms with van der Waals surface area (Å²) in [4.78, 5) is 11.7. The molecule has 0 aliphatic rings. The number of hydrogen-bond acceptors (Lipinski definition) is 3. The second-order valence-corrected chi connectivity index (χ2v) is 8.66. The van der Waals surface area contributed by atoms with Gasteiger partial charge in [-0.25, -0.2) is 0 Å². The zero-order valence-electron chi connectivity index (χ0n) is 16.1. The molecule has 2 N–H and O–H groups in total. The highest BCUT2D eigenvalue weighted by Gasteiger charge is 2.24. The predicted molar refractivity (Wildman–Crippen MR) is 119 cm³/mol. The first-order chi connectivity index (χ1) is 14.0. The molecule has 3 rings (SSSR count). The molecular weight excluding hydrogens is 404 g/mol. The molecule has 0 spiro atoms. The molecule has 0 unspecified atom stereocenters. The quantitative estimate of drug-likeness (QED) is 0.420. The summed E-state index contributed by atoms with van der Waals surface area (Å²) in [5.41, 5.74) is 3.17. The number of thiophene rings is 1. The summed E-state index contributed by atoms with van der Waals surface area (Å²) in [5, 5.41) is 22.5. The van der Waals surface area contributed by atoms with E-state index in [4.69, 9.17) is 16.7 Å². The Labute approximate surface area is 180 Å². The zero-order valence-corrected chi connectivity index (χ0v) is 17.7. The Morgan fingerprint density at radius 2 is 1.66 bits per heavy atom. The van der Waals surface area contributed by atoms with Crippen molar-refractivity contribution in [1.29, 1.82) is 0 Å². The minimum atomic E-state index is -0.834. The molecule has 3 aromatic rings. The van der Waals surface area contributed by atoms with Crippen LogP contribution in [-0.2, 0) is 24.1 Å². The topological polar surface area (TPSA) is 57.5 Å². The van der Waals surface area contributed by atoms with Gasteiger partial charge < -0.3 is 10.2 Å². The van der Waals surface area contributed by atoms with E-state index in [1.807, 2.05) is 53.9 Å². The molecule has 5 heteroatoms. The van der Waals surface area contributed by atoms with Crippen LogP contribution in [0.1, 0.15) is 40.5 Å². The Morgan fingerprint density at radius 3 is 2.28 bits per heavy atom. The van der Waals surface area contributed by atoms with Gasteiger partial charge in [-0.05, 0) is 59.7 Å². The summed E-state index contributed by atoms with van der Waals surface area (Å²) in [7, 11) is 0. The molecule has 1 aromatic heterocycles. The van der Waals surface area contributed by atoms with Crippen LogP contribution in [0, 0.1) is 5.92 Å². The summed E-state index contributed by atoms with van der Waals surface area (Å²) < 4.78 is 0. The number of aryl methyl sites for hydroxylation is 1. The highest BCUT2D eigenvalue weighted by Crippen LogP contribution is 2.36. The molecule has 2 aromatic carbocycles. The van der Waals surface area contributed by atoms with Crippen LogP contribution in [0.25, 0.3) is 0 Å². The van der Waals surface area contributed by atoms with Gasteiger partial charge in [-0.15, -0.1) is 11.3 Å². The van der Waals surface area contributed by atoms with Crippen molar-refractivity contribution in [2.75, 3.05) is 0 Å². The van der Waals surface area contributed by atoms with Gasteiger partial charge in [-0.2, -0.15) is 0 Å². The van der Waals surface area contributed by atoms with Gasteiger partial charge in [0.15, 0.2) is 0 Å². The van der Waals surface area contributed by atoms with E-state index in [1.165, 1.54) is 16.9 Å². The summed E-state index contributed by atoms with van der Waals surface area (Å²) >= 11 is 7.76. The highest BCUT2D eigenvalue weighted by molar-refractivity contribution is 7.10. The Hall–Kier alpha value is -2.14. The van der Waals surface area contributed by atoms with Crippen molar-refractivity contribution < 1.29 is 15.0 Å². The fourth-order valence-electron chi connectivity index (χ4n) is 3.59. The van der Waals surface area contributed by atoms with E-state index in [2.05, 4.69) is 12.1 Å². The van der Waals surface area contributed by atoms with Crippen molar-refractivity contribution >= 4 is 28.9 Å². The molecule has 3 nitrogen and oxygen atoms in total. The molecule has 0 amide bonds. The predicted octanol–water partition coefficient (Wildman–Crippen LogP) is 5.94. The lowest BCUT2D eigenvalue weighted by Crippen LogP contribution is -2.15. The van der Waals surface area contributed by atoms with Crippen LogP contribution in [-0.4, -0.2) is 16.2 Å². The molecule has 29 heavy (non-hydrogen) atoms. The maximum atomic E-state index is 11.0. The van der Waals surface area contributed by atoms with Crippen LogP contribution in [0.4, 0.5) is 0 Å². The second kappa shape index (κ2) is 10.6. The number of aliphatic hydroxyl groups excluding tert-OH is 1. The number of benzene rings is 2. The normalized spacial score (nSPS) is 13.2. The maximum Gasteiger partial charge on any atom is 0.307 e. The maximum absolute atomic E-state index is 11.0. The van der Waals surface area contributed by atoms with E-state index in [-0.39, 0.29) is 12.3 Å². The van der Waals surface area contributed by atoms with E-state index in [0.717, 1.165) is 41.7 Å². The SMILES string of the molecule is O=C(O)Cc1ccc(C[C@H](CCCc2ccccc2)[C@H](O)c2sccc2Cl)cc1. The summed E-state index contributed by atoms with van der Waals surface area (Å²) in [6.07, 6.45) is 2.95. The molecule has 0 saturated heterocycles.